The van der Waals surface area contributed by atoms with Crippen LogP contribution in [0.15, 0.2) is 0 Å². The molecule has 2 saturated heterocycles. The van der Waals surface area contributed by atoms with E-state index < -0.39 is 0 Å². The molecule has 0 aromatic heterocycles. The third-order valence-electron chi connectivity index (χ3n) is 3.92. The third-order valence-corrected chi connectivity index (χ3v) is 3.92. The molecule has 0 spiro atoms. The molecule has 5 nitrogen and oxygen atoms in total. The SMILES string of the molecule is CN1CCCC2CN(C(=O)OCCO)CCC21. The van der Waals surface area contributed by atoms with Gasteiger partial charge in [0.1, 0.15) is 6.61 Å². The first-order valence-corrected chi connectivity index (χ1v) is 6.45. The fraction of sp³-hybridized carbons (Fsp3) is 0.917. The highest BCUT2D eigenvalue weighted by atomic mass is 16.6. The van der Waals surface area contributed by atoms with Crippen LogP contribution in [0.25, 0.3) is 0 Å². The molecular weight excluding hydrogens is 220 g/mol. The van der Waals surface area contributed by atoms with Crippen LogP contribution in [0.4, 0.5) is 4.79 Å². The Morgan fingerprint density at radius 1 is 1.41 bits per heavy atom. The number of carbonyl (C=O) groups is 1. The maximum atomic E-state index is 11.7. The van der Waals surface area contributed by atoms with E-state index in [1.165, 1.54) is 19.4 Å². The van der Waals surface area contributed by atoms with E-state index in [1.807, 2.05) is 0 Å². The van der Waals surface area contributed by atoms with Gasteiger partial charge in [-0.15, -0.1) is 0 Å². The van der Waals surface area contributed by atoms with Gasteiger partial charge in [0.25, 0.3) is 0 Å². The van der Waals surface area contributed by atoms with E-state index in [2.05, 4.69) is 11.9 Å². The van der Waals surface area contributed by atoms with Gasteiger partial charge in [-0.05, 0) is 38.8 Å². The predicted octanol–water partition coefficient (Wildman–Crippen LogP) is 0.531. The summed E-state index contributed by atoms with van der Waals surface area (Å²) in [6, 6.07) is 0.630. The standard InChI is InChI=1S/C12H22N2O3/c1-13-5-2-3-10-9-14(6-4-11(10)13)12(16)17-8-7-15/h10-11,15H,2-9H2,1H3. The minimum atomic E-state index is -0.272. The summed E-state index contributed by atoms with van der Waals surface area (Å²) in [5.74, 6) is 0.587. The summed E-state index contributed by atoms with van der Waals surface area (Å²) in [6.45, 7) is 2.75. The molecule has 0 bridgehead atoms. The van der Waals surface area contributed by atoms with Crippen LogP contribution in [-0.4, -0.2) is 66.9 Å². The normalized spacial score (nSPS) is 29.9. The molecule has 98 valence electrons. The largest absolute Gasteiger partial charge is 0.447 e. The zero-order valence-corrected chi connectivity index (χ0v) is 10.5. The molecule has 17 heavy (non-hydrogen) atoms. The van der Waals surface area contributed by atoms with Crippen LogP contribution in [0.2, 0.25) is 0 Å². The van der Waals surface area contributed by atoms with Gasteiger partial charge in [0.15, 0.2) is 0 Å². The average molecular weight is 242 g/mol. The number of nitrogens with zero attached hydrogens (tertiary/aromatic N) is 2. The van der Waals surface area contributed by atoms with Gasteiger partial charge in [0.2, 0.25) is 0 Å². The Hall–Kier alpha value is -0.810. The lowest BCUT2D eigenvalue weighted by molar-refractivity contribution is 0.0250. The molecule has 2 aliphatic heterocycles. The highest BCUT2D eigenvalue weighted by molar-refractivity contribution is 5.67. The summed E-state index contributed by atoms with van der Waals surface area (Å²) in [5.41, 5.74) is 0. The van der Waals surface area contributed by atoms with Gasteiger partial charge in [-0.3, -0.25) is 0 Å². The van der Waals surface area contributed by atoms with E-state index in [-0.39, 0.29) is 19.3 Å². The molecule has 0 aliphatic carbocycles. The maximum absolute atomic E-state index is 11.7. The molecule has 2 aliphatic rings. The number of ether oxygens (including phenoxy) is 1. The van der Waals surface area contributed by atoms with Crippen LogP contribution < -0.4 is 0 Å². The highest BCUT2D eigenvalue weighted by Crippen LogP contribution is 2.29. The Kier molecular flexibility index (Phi) is 4.23. The lowest BCUT2D eigenvalue weighted by Crippen LogP contribution is -2.54. The third kappa shape index (κ3) is 2.90. The molecule has 2 atom stereocenters. The van der Waals surface area contributed by atoms with Crippen LogP contribution in [0.5, 0.6) is 0 Å². The van der Waals surface area contributed by atoms with Crippen LogP contribution in [0.1, 0.15) is 19.3 Å². The van der Waals surface area contributed by atoms with Gasteiger partial charge in [0.05, 0.1) is 6.61 Å². The Morgan fingerprint density at radius 2 is 2.24 bits per heavy atom. The average Bonchev–Trinajstić information content (AvgIpc) is 2.36. The lowest BCUT2D eigenvalue weighted by Gasteiger charge is -2.45. The second-order valence-electron chi connectivity index (χ2n) is 5.02. The van der Waals surface area contributed by atoms with Crippen molar-refractivity contribution >= 4 is 6.09 Å². The number of rotatable bonds is 2. The van der Waals surface area contributed by atoms with E-state index in [1.54, 1.807) is 4.90 Å². The van der Waals surface area contributed by atoms with Crippen molar-refractivity contribution in [2.24, 2.45) is 5.92 Å². The summed E-state index contributed by atoms with van der Waals surface area (Å²) in [6.07, 6.45) is 3.19. The number of aliphatic hydroxyl groups excluding tert-OH is 1. The first kappa shape index (κ1) is 12.6. The number of carbonyl (C=O) groups excluding carboxylic acids is 1. The molecule has 2 rings (SSSR count). The van der Waals surface area contributed by atoms with Crippen LogP contribution in [-0.2, 0) is 4.74 Å². The predicted molar refractivity (Wildman–Crippen MR) is 63.8 cm³/mol. The van der Waals surface area contributed by atoms with E-state index in [0.29, 0.717) is 12.0 Å². The molecule has 1 N–H and O–H groups in total. The van der Waals surface area contributed by atoms with Crippen LogP contribution in [0, 0.1) is 5.92 Å². The fourth-order valence-corrected chi connectivity index (χ4v) is 3.04. The van der Waals surface area contributed by atoms with Gasteiger partial charge in [-0.25, -0.2) is 4.79 Å². The number of aliphatic hydroxyl groups is 1. The minimum absolute atomic E-state index is 0.101. The van der Waals surface area contributed by atoms with E-state index >= 15 is 0 Å². The molecule has 0 aromatic carbocycles. The van der Waals surface area contributed by atoms with Crippen molar-refractivity contribution in [2.45, 2.75) is 25.3 Å². The Balaban J connectivity index is 1.86. The highest BCUT2D eigenvalue weighted by Gasteiger charge is 2.36. The number of fused-ring (bicyclic) bond motifs is 1. The van der Waals surface area contributed by atoms with Crippen LogP contribution in [0.3, 0.4) is 0 Å². The Labute approximate surface area is 102 Å². The Morgan fingerprint density at radius 3 is 3.00 bits per heavy atom. The molecule has 2 heterocycles. The van der Waals surface area contributed by atoms with Crippen molar-refractivity contribution in [2.75, 3.05) is 39.9 Å². The van der Waals surface area contributed by atoms with Crippen LogP contribution >= 0.6 is 0 Å². The van der Waals surface area contributed by atoms with Crippen molar-refractivity contribution in [1.29, 1.82) is 0 Å². The topological polar surface area (TPSA) is 53.0 Å². The Bertz CT molecular complexity index is 272. The van der Waals surface area contributed by atoms with Gasteiger partial charge < -0.3 is 19.6 Å². The van der Waals surface area contributed by atoms with Crippen molar-refractivity contribution in [3.05, 3.63) is 0 Å². The van der Waals surface area contributed by atoms with Gasteiger partial charge in [-0.2, -0.15) is 0 Å². The number of amides is 1. The molecule has 2 unspecified atom stereocenters. The van der Waals surface area contributed by atoms with Crippen molar-refractivity contribution in [1.82, 2.24) is 9.80 Å². The molecule has 2 fully saturated rings. The first-order valence-electron chi connectivity index (χ1n) is 6.45. The first-order chi connectivity index (χ1) is 8.22. The summed E-state index contributed by atoms with van der Waals surface area (Å²) in [5, 5.41) is 8.63. The summed E-state index contributed by atoms with van der Waals surface area (Å²) < 4.78 is 4.96. The maximum Gasteiger partial charge on any atom is 0.409 e. The smallest absolute Gasteiger partial charge is 0.409 e. The van der Waals surface area contributed by atoms with Crippen molar-refractivity contribution in [3.63, 3.8) is 0 Å². The van der Waals surface area contributed by atoms with E-state index in [0.717, 1.165) is 19.5 Å². The van der Waals surface area contributed by atoms with Crippen molar-refractivity contribution < 1.29 is 14.6 Å². The second kappa shape index (κ2) is 5.69. The quantitative estimate of drug-likeness (QED) is 0.767. The number of hydrogen-bond acceptors (Lipinski definition) is 4. The molecule has 0 aromatic rings. The van der Waals surface area contributed by atoms with E-state index in [4.69, 9.17) is 9.84 Å². The minimum Gasteiger partial charge on any atom is -0.447 e. The molecule has 5 heteroatoms. The molecule has 0 radical (unpaired) electrons. The summed E-state index contributed by atoms with van der Waals surface area (Å²) in [7, 11) is 2.18. The lowest BCUT2D eigenvalue weighted by atomic mass is 9.84. The summed E-state index contributed by atoms with van der Waals surface area (Å²) in [4.78, 5) is 15.9. The van der Waals surface area contributed by atoms with Gasteiger partial charge in [0, 0.05) is 19.1 Å². The fourth-order valence-electron chi connectivity index (χ4n) is 3.04. The number of piperidine rings is 2. The van der Waals surface area contributed by atoms with Gasteiger partial charge in [-0.1, -0.05) is 0 Å². The molecular formula is C12H22N2O3. The van der Waals surface area contributed by atoms with Gasteiger partial charge >= 0.3 is 6.09 Å². The zero-order chi connectivity index (χ0) is 12.3. The zero-order valence-electron chi connectivity index (χ0n) is 10.5. The second-order valence-corrected chi connectivity index (χ2v) is 5.02. The number of likely N-dealkylation sites (tertiary alicyclic amines) is 2. The van der Waals surface area contributed by atoms with E-state index in [9.17, 15) is 4.79 Å². The molecule has 1 amide bonds. The molecule has 0 saturated carbocycles. The summed E-state index contributed by atoms with van der Waals surface area (Å²) >= 11 is 0. The number of hydrogen-bond donors (Lipinski definition) is 1. The monoisotopic (exact) mass is 242 g/mol. The van der Waals surface area contributed by atoms with Crippen molar-refractivity contribution in [3.8, 4) is 0 Å².